The minimum Gasteiger partial charge on any atom is -0.321 e. The van der Waals surface area contributed by atoms with Gasteiger partial charge in [0.2, 0.25) is 11.0 Å². The summed E-state index contributed by atoms with van der Waals surface area (Å²) < 4.78 is 0. The molecule has 4 aromatic carbocycles. The fourth-order valence-electron chi connectivity index (χ4n) is 4.00. The van der Waals surface area contributed by atoms with E-state index in [-0.39, 0.29) is 17.4 Å². The van der Waals surface area contributed by atoms with Gasteiger partial charge >= 0.3 is 0 Å². The molecule has 0 aliphatic heterocycles. The Hall–Kier alpha value is -5.06. The van der Waals surface area contributed by atoms with Crippen molar-refractivity contribution in [3.63, 3.8) is 0 Å². The molecule has 3 amide bonds. The molecule has 0 bridgehead atoms. The van der Waals surface area contributed by atoms with Gasteiger partial charge in [0.25, 0.3) is 11.8 Å². The standard InChI is InChI=1S/C33H27N5O3S2/c1-22-37-38-33(43-22)36-30(39)21-42-28-18-16-27(17-19-28)34-32(41)29(35-31(40)26-10-6-3-7-11-26)20-23-12-14-25(15-13-23)24-8-4-2-5-9-24/h2-20H,21H2,1H3,(H,34,41)(H,35,40)(H,36,38,39)/b29-20-. The lowest BCUT2D eigenvalue weighted by atomic mass is 10.0. The molecule has 214 valence electrons. The van der Waals surface area contributed by atoms with Gasteiger partial charge in [-0.15, -0.1) is 22.0 Å². The van der Waals surface area contributed by atoms with Crippen molar-refractivity contribution in [2.75, 3.05) is 16.4 Å². The SMILES string of the molecule is Cc1nnc(NC(=O)CSc2ccc(NC(=O)/C(=C/c3ccc(-c4ccccc4)cc3)NC(=O)c3ccccc3)cc2)s1. The van der Waals surface area contributed by atoms with Crippen molar-refractivity contribution in [1.82, 2.24) is 15.5 Å². The normalized spacial score (nSPS) is 11.0. The van der Waals surface area contributed by atoms with Gasteiger partial charge in [-0.1, -0.05) is 84.1 Å². The predicted molar refractivity (Wildman–Crippen MR) is 173 cm³/mol. The second-order valence-electron chi connectivity index (χ2n) is 9.31. The maximum Gasteiger partial charge on any atom is 0.272 e. The summed E-state index contributed by atoms with van der Waals surface area (Å²) >= 11 is 2.67. The summed E-state index contributed by atoms with van der Waals surface area (Å²) in [6, 6.07) is 33.6. The minimum absolute atomic E-state index is 0.100. The third kappa shape index (κ3) is 8.48. The number of benzene rings is 4. The van der Waals surface area contributed by atoms with Crippen LogP contribution in [0.4, 0.5) is 10.8 Å². The summed E-state index contributed by atoms with van der Waals surface area (Å²) in [4.78, 5) is 39.4. The second-order valence-corrected chi connectivity index (χ2v) is 11.5. The average Bonchev–Trinajstić information content (AvgIpc) is 3.45. The zero-order valence-corrected chi connectivity index (χ0v) is 24.7. The molecular weight excluding hydrogens is 579 g/mol. The Morgan fingerprint density at radius 3 is 2.07 bits per heavy atom. The molecule has 0 aliphatic rings. The van der Waals surface area contributed by atoms with E-state index in [0.29, 0.717) is 16.4 Å². The highest BCUT2D eigenvalue weighted by Crippen LogP contribution is 2.23. The van der Waals surface area contributed by atoms with Crippen molar-refractivity contribution in [3.8, 4) is 11.1 Å². The van der Waals surface area contributed by atoms with Crippen LogP contribution < -0.4 is 16.0 Å². The Morgan fingerprint density at radius 1 is 0.767 bits per heavy atom. The molecule has 0 unspecified atom stereocenters. The Labute approximate surface area is 257 Å². The monoisotopic (exact) mass is 605 g/mol. The van der Waals surface area contributed by atoms with Gasteiger partial charge < -0.3 is 10.6 Å². The molecule has 5 rings (SSSR count). The lowest BCUT2D eigenvalue weighted by Crippen LogP contribution is -2.30. The van der Waals surface area contributed by atoms with Crippen LogP contribution in [0, 0.1) is 6.92 Å². The Morgan fingerprint density at radius 2 is 1.42 bits per heavy atom. The molecule has 0 aliphatic carbocycles. The number of aromatic nitrogens is 2. The molecule has 0 radical (unpaired) electrons. The number of rotatable bonds is 10. The van der Waals surface area contributed by atoms with Gasteiger partial charge in [0.05, 0.1) is 5.75 Å². The summed E-state index contributed by atoms with van der Waals surface area (Å²) in [7, 11) is 0. The van der Waals surface area contributed by atoms with Gasteiger partial charge in [-0.2, -0.15) is 0 Å². The summed E-state index contributed by atoms with van der Waals surface area (Å²) in [6.45, 7) is 1.82. The van der Waals surface area contributed by atoms with Crippen LogP contribution in [-0.2, 0) is 9.59 Å². The molecule has 5 aromatic rings. The molecule has 0 spiro atoms. The summed E-state index contributed by atoms with van der Waals surface area (Å²) in [5.74, 6) is -0.842. The zero-order chi connectivity index (χ0) is 30.0. The number of aryl methyl sites for hydroxylation is 1. The van der Waals surface area contributed by atoms with Crippen LogP contribution in [0.1, 0.15) is 20.9 Å². The molecule has 1 heterocycles. The molecule has 0 atom stereocenters. The van der Waals surface area contributed by atoms with E-state index in [1.54, 1.807) is 42.5 Å². The van der Waals surface area contributed by atoms with Crippen molar-refractivity contribution in [3.05, 3.63) is 131 Å². The first-order valence-corrected chi connectivity index (χ1v) is 15.1. The van der Waals surface area contributed by atoms with E-state index < -0.39 is 11.8 Å². The first kappa shape index (κ1) is 29.4. The second kappa shape index (κ2) is 14.2. The number of thioether (sulfide) groups is 1. The fraction of sp³-hybridized carbons (Fsp3) is 0.0606. The molecule has 0 fully saturated rings. The molecule has 3 N–H and O–H groups in total. The van der Waals surface area contributed by atoms with E-state index in [4.69, 9.17) is 0 Å². The largest absolute Gasteiger partial charge is 0.321 e. The topological polar surface area (TPSA) is 113 Å². The first-order chi connectivity index (χ1) is 20.9. The third-order valence-electron chi connectivity index (χ3n) is 6.11. The van der Waals surface area contributed by atoms with Crippen molar-refractivity contribution < 1.29 is 14.4 Å². The quantitative estimate of drug-likeness (QED) is 0.121. The number of carbonyl (C=O) groups is 3. The third-order valence-corrected chi connectivity index (χ3v) is 7.88. The highest BCUT2D eigenvalue weighted by atomic mass is 32.2. The fourth-order valence-corrected chi connectivity index (χ4v) is 5.30. The van der Waals surface area contributed by atoms with E-state index >= 15 is 0 Å². The van der Waals surface area contributed by atoms with Crippen LogP contribution in [0.15, 0.2) is 120 Å². The molecule has 10 heteroatoms. The van der Waals surface area contributed by atoms with Gasteiger partial charge in [-0.25, -0.2) is 0 Å². The van der Waals surface area contributed by atoms with E-state index in [1.807, 2.05) is 79.7 Å². The van der Waals surface area contributed by atoms with Crippen LogP contribution in [0.2, 0.25) is 0 Å². The summed E-state index contributed by atoms with van der Waals surface area (Å²) in [5, 5.41) is 17.4. The van der Waals surface area contributed by atoms with Gasteiger partial charge in [-0.05, 0) is 66.1 Å². The van der Waals surface area contributed by atoms with E-state index in [1.165, 1.54) is 23.1 Å². The van der Waals surface area contributed by atoms with E-state index in [2.05, 4.69) is 26.1 Å². The first-order valence-electron chi connectivity index (χ1n) is 13.3. The Balaban J connectivity index is 1.27. The van der Waals surface area contributed by atoms with Crippen LogP contribution >= 0.6 is 23.1 Å². The van der Waals surface area contributed by atoms with Gasteiger partial charge in [0.15, 0.2) is 0 Å². The Bertz CT molecular complexity index is 1740. The Kier molecular flexibility index (Phi) is 9.73. The number of amides is 3. The number of nitrogens with zero attached hydrogens (tertiary/aromatic N) is 2. The molecule has 1 aromatic heterocycles. The highest BCUT2D eigenvalue weighted by molar-refractivity contribution is 8.00. The van der Waals surface area contributed by atoms with Crippen LogP contribution in [-0.4, -0.2) is 33.7 Å². The number of anilines is 2. The molecule has 0 saturated heterocycles. The number of carbonyl (C=O) groups excluding carboxylic acids is 3. The van der Waals surface area contributed by atoms with E-state index in [9.17, 15) is 14.4 Å². The molecule has 43 heavy (non-hydrogen) atoms. The lowest BCUT2D eigenvalue weighted by molar-refractivity contribution is -0.114. The smallest absolute Gasteiger partial charge is 0.272 e. The number of hydrogen-bond donors (Lipinski definition) is 3. The van der Waals surface area contributed by atoms with Gasteiger partial charge in [0, 0.05) is 16.1 Å². The maximum atomic E-state index is 13.4. The van der Waals surface area contributed by atoms with Crippen LogP contribution in [0.25, 0.3) is 17.2 Å². The van der Waals surface area contributed by atoms with Gasteiger partial charge in [-0.3, -0.25) is 19.7 Å². The molecule has 8 nitrogen and oxygen atoms in total. The zero-order valence-electron chi connectivity index (χ0n) is 23.1. The number of nitrogens with one attached hydrogen (secondary N) is 3. The van der Waals surface area contributed by atoms with Crippen molar-refractivity contribution in [2.45, 2.75) is 11.8 Å². The maximum absolute atomic E-state index is 13.4. The molecule has 0 saturated carbocycles. The van der Waals surface area contributed by atoms with Gasteiger partial charge in [0.1, 0.15) is 10.7 Å². The number of hydrogen-bond acceptors (Lipinski definition) is 7. The summed E-state index contributed by atoms with van der Waals surface area (Å²) in [5.41, 5.74) is 3.97. The average molecular weight is 606 g/mol. The van der Waals surface area contributed by atoms with Crippen LogP contribution in [0.3, 0.4) is 0 Å². The van der Waals surface area contributed by atoms with Crippen molar-refractivity contribution in [2.24, 2.45) is 0 Å². The van der Waals surface area contributed by atoms with E-state index in [0.717, 1.165) is 26.6 Å². The predicted octanol–water partition coefficient (Wildman–Crippen LogP) is 6.65. The highest BCUT2D eigenvalue weighted by Gasteiger charge is 2.15. The lowest BCUT2D eigenvalue weighted by Gasteiger charge is -2.12. The molecular formula is C33H27N5O3S2. The summed E-state index contributed by atoms with van der Waals surface area (Å²) in [6.07, 6.45) is 1.65. The van der Waals surface area contributed by atoms with Crippen molar-refractivity contribution >= 4 is 57.7 Å². The minimum atomic E-state index is -0.469. The van der Waals surface area contributed by atoms with Crippen LogP contribution in [0.5, 0.6) is 0 Å². The van der Waals surface area contributed by atoms with Crippen molar-refractivity contribution in [1.29, 1.82) is 0 Å².